The predicted octanol–water partition coefficient (Wildman–Crippen LogP) is 8.43. The summed E-state index contributed by atoms with van der Waals surface area (Å²) in [5.74, 6) is 1.58. The number of morpholine rings is 1. The molecule has 7 fully saturated rings. The summed E-state index contributed by atoms with van der Waals surface area (Å²) in [6.45, 7) is 27.9. The number of nitrogens with zero attached hydrogens (tertiary/aromatic N) is 3. The van der Waals surface area contributed by atoms with Crippen molar-refractivity contribution in [3.8, 4) is 0 Å². The summed E-state index contributed by atoms with van der Waals surface area (Å²) >= 11 is 0. The van der Waals surface area contributed by atoms with Gasteiger partial charge in [0.2, 0.25) is 5.91 Å². The fourth-order valence-electron chi connectivity index (χ4n) is 15.4. The van der Waals surface area contributed by atoms with E-state index in [-0.39, 0.29) is 63.9 Å². The zero-order valence-electron chi connectivity index (χ0n) is 36.8. The molecule has 10 nitrogen and oxygen atoms in total. The number of esters is 1. The molecule has 0 bridgehead atoms. The van der Waals surface area contributed by atoms with Crippen LogP contribution in [0.15, 0.2) is 12.2 Å². The van der Waals surface area contributed by atoms with Crippen molar-refractivity contribution in [2.75, 3.05) is 52.5 Å². The normalized spacial score (nSPS) is 40.2. The summed E-state index contributed by atoms with van der Waals surface area (Å²) in [4.78, 5) is 58.2. The number of carbonyl (C=O) groups is 4. The molecule has 10 heteroatoms. The van der Waals surface area contributed by atoms with E-state index < -0.39 is 11.4 Å². The van der Waals surface area contributed by atoms with E-state index >= 15 is 0 Å². The summed E-state index contributed by atoms with van der Waals surface area (Å²) in [6.07, 6.45) is 11.6. The highest BCUT2D eigenvalue weighted by Gasteiger charge is 2.71. The highest BCUT2D eigenvalue weighted by Crippen LogP contribution is 2.78. The van der Waals surface area contributed by atoms with Gasteiger partial charge in [-0.05, 0) is 128 Å². The van der Waals surface area contributed by atoms with Crippen LogP contribution >= 0.6 is 0 Å². The average Bonchev–Trinajstić information content (AvgIpc) is 3.52. The molecule has 5 aliphatic carbocycles. The Morgan fingerprint density at radius 3 is 2.05 bits per heavy atom. The van der Waals surface area contributed by atoms with Gasteiger partial charge >= 0.3 is 18.0 Å². The molecule has 1 N–H and O–H groups in total. The molecule has 0 aromatic heterocycles. The molecular weight excluding hydrogens is 719 g/mol. The third-order valence-electron chi connectivity index (χ3n) is 18.4. The number of fused-ring (bicyclic) bond motifs is 7. The van der Waals surface area contributed by atoms with Crippen molar-refractivity contribution in [3.05, 3.63) is 12.2 Å². The lowest BCUT2D eigenvalue weighted by molar-refractivity contribution is -0.250. The third-order valence-corrected chi connectivity index (χ3v) is 18.4. The van der Waals surface area contributed by atoms with Crippen LogP contribution in [0.4, 0.5) is 4.79 Å². The number of aliphatic carboxylic acids is 1. The lowest BCUT2D eigenvalue weighted by Crippen LogP contribution is -2.67. The molecule has 0 unspecified atom stereocenters. The Labute approximate surface area is 343 Å². The van der Waals surface area contributed by atoms with Gasteiger partial charge in [-0.1, -0.05) is 60.6 Å². The molecule has 7 aliphatic rings. The number of urea groups is 1. The Hall–Kier alpha value is -2.62. The second-order valence-corrected chi connectivity index (χ2v) is 22.2. The monoisotopic (exact) mass is 794 g/mol. The number of carbonyl (C=O) groups excluding carboxylic acids is 3. The summed E-state index contributed by atoms with van der Waals surface area (Å²) in [6, 6.07) is 0.0804. The first kappa shape index (κ1) is 42.5. The number of ether oxygens (including phenoxy) is 2. The van der Waals surface area contributed by atoms with Gasteiger partial charge in [0.1, 0.15) is 6.10 Å². The third kappa shape index (κ3) is 7.25. The van der Waals surface area contributed by atoms with Gasteiger partial charge in [0, 0.05) is 51.1 Å². The molecule has 2 heterocycles. The zero-order chi connectivity index (χ0) is 41.3. The first-order valence-electron chi connectivity index (χ1n) is 22.6. The van der Waals surface area contributed by atoms with Crippen LogP contribution in [0.1, 0.15) is 139 Å². The van der Waals surface area contributed by atoms with Crippen LogP contribution in [-0.2, 0) is 23.9 Å². The van der Waals surface area contributed by atoms with Gasteiger partial charge in [-0.3, -0.25) is 14.4 Å². The van der Waals surface area contributed by atoms with Gasteiger partial charge in [-0.25, -0.2) is 4.79 Å². The van der Waals surface area contributed by atoms with E-state index in [9.17, 15) is 24.3 Å². The Kier molecular flexibility index (Phi) is 11.3. The molecule has 0 aromatic rings. The molecule has 57 heavy (non-hydrogen) atoms. The predicted molar refractivity (Wildman–Crippen MR) is 220 cm³/mol. The number of hydrogen-bond donors (Lipinski definition) is 1. The fraction of sp³-hybridized carbons (Fsp3) is 0.872. The van der Waals surface area contributed by atoms with E-state index in [2.05, 4.69) is 53.0 Å². The van der Waals surface area contributed by atoms with E-state index in [0.29, 0.717) is 88.5 Å². The summed E-state index contributed by atoms with van der Waals surface area (Å²) in [5, 5.41) is 9.38. The number of allylic oxidation sites excluding steroid dienone is 1. The summed E-state index contributed by atoms with van der Waals surface area (Å²) in [7, 11) is 0. The van der Waals surface area contributed by atoms with Crippen LogP contribution in [0.25, 0.3) is 0 Å². The van der Waals surface area contributed by atoms with Crippen LogP contribution in [0, 0.1) is 62.1 Å². The first-order valence-corrected chi connectivity index (χ1v) is 22.6. The van der Waals surface area contributed by atoms with Crippen molar-refractivity contribution in [1.29, 1.82) is 0 Å². The minimum atomic E-state index is -0.889. The molecule has 3 amide bonds. The Bertz CT molecular complexity index is 1600. The molecule has 320 valence electrons. The van der Waals surface area contributed by atoms with Crippen molar-refractivity contribution in [1.82, 2.24) is 14.7 Å². The largest absolute Gasteiger partial charge is 0.481 e. The number of piperazine rings is 1. The van der Waals surface area contributed by atoms with E-state index in [4.69, 9.17) is 9.47 Å². The van der Waals surface area contributed by atoms with Gasteiger partial charge < -0.3 is 29.3 Å². The van der Waals surface area contributed by atoms with Crippen LogP contribution in [0.2, 0.25) is 0 Å². The van der Waals surface area contributed by atoms with Gasteiger partial charge in [0.05, 0.1) is 26.1 Å². The lowest BCUT2D eigenvalue weighted by atomic mass is 9.32. The highest BCUT2D eigenvalue weighted by atomic mass is 16.5. The van der Waals surface area contributed by atoms with Gasteiger partial charge in [-0.15, -0.1) is 0 Å². The molecule has 10 atom stereocenters. The smallest absolute Gasteiger partial charge is 0.320 e. The number of hydrogen-bond acceptors (Lipinski definition) is 6. The van der Waals surface area contributed by atoms with Crippen molar-refractivity contribution in [2.45, 2.75) is 145 Å². The number of amides is 3. The van der Waals surface area contributed by atoms with Crippen molar-refractivity contribution >= 4 is 23.9 Å². The van der Waals surface area contributed by atoms with Crippen LogP contribution in [0.3, 0.4) is 0 Å². The molecule has 2 saturated heterocycles. The molecule has 5 saturated carbocycles. The van der Waals surface area contributed by atoms with E-state index in [1.807, 2.05) is 23.6 Å². The van der Waals surface area contributed by atoms with E-state index in [1.54, 1.807) is 0 Å². The van der Waals surface area contributed by atoms with Crippen LogP contribution in [-0.4, -0.2) is 102 Å². The molecule has 7 rings (SSSR count). The van der Waals surface area contributed by atoms with Gasteiger partial charge in [0.25, 0.3) is 0 Å². The second-order valence-electron chi connectivity index (χ2n) is 22.2. The Balaban J connectivity index is 1.06. The fourth-order valence-corrected chi connectivity index (χ4v) is 15.4. The lowest BCUT2D eigenvalue weighted by Gasteiger charge is -2.73. The standard InChI is InChI=1S/C47H75N3O7/c1-31(2)32-12-17-47(28-37(51)48-20-22-49(23-21-48)41(55)50-24-26-56-27-25-50)19-18-45(8)33(40(32)47)10-11-35-44(7)15-14-36(43(5,6)34(44)13-16-46(35,45)9)57-39(54)30-42(3,4)29-38(52)53/h32-36,40H,1,10-30H2,2-9H3,(H,52,53)/t32-,33+,34-,35+,36-,40+,44-,45+,46+,47+/m0/s1. The number of rotatable bonds is 8. The Morgan fingerprint density at radius 1 is 0.754 bits per heavy atom. The molecule has 0 spiro atoms. The topological polar surface area (TPSA) is 117 Å². The van der Waals surface area contributed by atoms with Crippen molar-refractivity contribution < 1.29 is 33.8 Å². The average molecular weight is 794 g/mol. The van der Waals surface area contributed by atoms with Crippen molar-refractivity contribution in [2.24, 2.45) is 62.1 Å². The number of carboxylic acid groups (broad SMARTS) is 1. The number of carboxylic acids is 1. The van der Waals surface area contributed by atoms with Crippen LogP contribution < -0.4 is 0 Å². The van der Waals surface area contributed by atoms with Crippen molar-refractivity contribution in [3.63, 3.8) is 0 Å². The SMILES string of the molecule is C=C(C)[C@@H]1CC[C@]2(CC(=O)N3CCN(C(=O)N4CCOCC4)CC3)CC[C@]3(C)[C@H](CC[C@@H]4[C@@]5(C)CC[C@H](OC(=O)CC(C)(C)CC(=O)O)C(C)(C)[C@@H]5CC[C@]43C)[C@@H]12. The van der Waals surface area contributed by atoms with Gasteiger partial charge in [0.15, 0.2) is 0 Å². The quantitative estimate of drug-likeness (QED) is 0.194. The zero-order valence-corrected chi connectivity index (χ0v) is 36.8. The molecule has 0 radical (unpaired) electrons. The minimum Gasteiger partial charge on any atom is -0.481 e. The summed E-state index contributed by atoms with van der Waals surface area (Å²) in [5.41, 5.74) is 0.923. The molecule has 2 aliphatic heterocycles. The Morgan fingerprint density at radius 2 is 1.40 bits per heavy atom. The second kappa shape index (κ2) is 15.1. The summed E-state index contributed by atoms with van der Waals surface area (Å²) < 4.78 is 11.8. The maximum absolute atomic E-state index is 14.4. The van der Waals surface area contributed by atoms with E-state index in [0.717, 1.165) is 44.9 Å². The molecular formula is C47H75N3O7. The maximum Gasteiger partial charge on any atom is 0.320 e. The van der Waals surface area contributed by atoms with E-state index in [1.165, 1.54) is 24.8 Å². The highest BCUT2D eigenvalue weighted by molar-refractivity contribution is 5.78. The molecule has 0 aromatic carbocycles. The maximum atomic E-state index is 14.4. The van der Waals surface area contributed by atoms with Crippen LogP contribution in [0.5, 0.6) is 0 Å². The minimum absolute atomic E-state index is 0.00110. The van der Waals surface area contributed by atoms with Gasteiger partial charge in [-0.2, -0.15) is 0 Å². The first-order chi connectivity index (χ1) is 26.7.